The van der Waals surface area contributed by atoms with Gasteiger partial charge in [-0.25, -0.2) is 9.82 Å². The molecule has 0 saturated carbocycles. The van der Waals surface area contributed by atoms with Gasteiger partial charge in [0.2, 0.25) is 11.8 Å². The van der Waals surface area contributed by atoms with Crippen molar-refractivity contribution in [3.63, 3.8) is 0 Å². The first kappa shape index (κ1) is 22.7. The number of halogens is 1. The van der Waals surface area contributed by atoms with Crippen LogP contribution in [0.4, 0.5) is 10.1 Å². The number of carbonyl (C=O) groups is 2. The van der Waals surface area contributed by atoms with Crippen molar-refractivity contribution in [1.29, 1.82) is 0 Å². The van der Waals surface area contributed by atoms with Gasteiger partial charge in [-0.05, 0) is 84.6 Å². The summed E-state index contributed by atoms with van der Waals surface area (Å²) in [4.78, 5) is 23.9. The van der Waals surface area contributed by atoms with Crippen molar-refractivity contribution < 1.29 is 18.7 Å². The van der Waals surface area contributed by atoms with Crippen LogP contribution < -0.4 is 15.5 Å². The molecule has 3 aromatic rings. The molecule has 0 aliphatic rings. The van der Waals surface area contributed by atoms with Crippen LogP contribution >= 0.6 is 0 Å². The van der Waals surface area contributed by atoms with E-state index in [1.807, 2.05) is 26.0 Å². The highest BCUT2D eigenvalue weighted by molar-refractivity contribution is 6.03. The zero-order valence-electron chi connectivity index (χ0n) is 17.9. The van der Waals surface area contributed by atoms with Gasteiger partial charge in [-0.15, -0.1) is 0 Å². The molecule has 164 valence electrons. The third-order valence-electron chi connectivity index (χ3n) is 4.71. The summed E-state index contributed by atoms with van der Waals surface area (Å²) in [7, 11) is 0. The van der Waals surface area contributed by atoms with Crippen molar-refractivity contribution in [2.24, 2.45) is 5.10 Å². The number of nitrogens with one attached hydrogen (secondary N) is 2. The summed E-state index contributed by atoms with van der Waals surface area (Å²) in [5, 5.41) is 6.58. The van der Waals surface area contributed by atoms with Gasteiger partial charge in [-0.1, -0.05) is 18.2 Å². The fourth-order valence-electron chi connectivity index (χ4n) is 2.79. The van der Waals surface area contributed by atoms with Crippen molar-refractivity contribution in [2.45, 2.75) is 26.9 Å². The average Bonchev–Trinajstić information content (AvgIpc) is 2.77. The second kappa shape index (κ2) is 10.9. The number of anilines is 1. The first-order valence-electron chi connectivity index (χ1n) is 10.1. The molecule has 0 heterocycles. The highest BCUT2D eigenvalue weighted by Crippen LogP contribution is 2.15. The van der Waals surface area contributed by atoms with Crippen LogP contribution in [0.15, 0.2) is 71.8 Å². The SMILES string of the molecule is Cc1ccc(NC(=O)CC(=O)NN=Cc2ccc(OCc3ccc(F)cc3)cc2)cc1C. The third-order valence-corrected chi connectivity index (χ3v) is 4.71. The molecule has 0 saturated heterocycles. The maximum Gasteiger partial charge on any atom is 0.249 e. The molecule has 0 radical (unpaired) electrons. The summed E-state index contributed by atoms with van der Waals surface area (Å²) < 4.78 is 18.6. The van der Waals surface area contributed by atoms with Gasteiger partial charge in [0.25, 0.3) is 0 Å². The molecule has 6 nitrogen and oxygen atoms in total. The van der Waals surface area contributed by atoms with Crippen LogP contribution in [0.1, 0.15) is 28.7 Å². The minimum atomic E-state index is -0.512. The zero-order chi connectivity index (χ0) is 22.9. The highest BCUT2D eigenvalue weighted by atomic mass is 19.1. The lowest BCUT2D eigenvalue weighted by Crippen LogP contribution is -2.24. The number of rotatable bonds is 8. The summed E-state index contributed by atoms with van der Waals surface area (Å²) in [6.45, 7) is 4.27. The number of amides is 2. The smallest absolute Gasteiger partial charge is 0.249 e. The molecular weight excluding hydrogens is 409 g/mol. The average molecular weight is 433 g/mol. The maximum absolute atomic E-state index is 12.9. The van der Waals surface area contributed by atoms with Crippen LogP contribution in [0.2, 0.25) is 0 Å². The summed E-state index contributed by atoms with van der Waals surface area (Å²) in [5.41, 5.74) is 6.79. The molecule has 2 N–H and O–H groups in total. The number of carbonyl (C=O) groups excluding carboxylic acids is 2. The number of benzene rings is 3. The Hall–Kier alpha value is -4.00. The molecule has 3 aromatic carbocycles. The van der Waals surface area contributed by atoms with Gasteiger partial charge in [-0.2, -0.15) is 5.10 Å². The highest BCUT2D eigenvalue weighted by Gasteiger charge is 2.09. The van der Waals surface area contributed by atoms with Crippen LogP contribution in [-0.2, 0) is 16.2 Å². The fourth-order valence-corrected chi connectivity index (χ4v) is 2.79. The number of hydrogen-bond acceptors (Lipinski definition) is 4. The Morgan fingerprint density at radius 3 is 2.34 bits per heavy atom. The van der Waals surface area contributed by atoms with Gasteiger partial charge in [-0.3, -0.25) is 9.59 Å². The van der Waals surface area contributed by atoms with Crippen LogP contribution in [-0.4, -0.2) is 18.0 Å². The molecule has 0 aromatic heterocycles. The second-order valence-corrected chi connectivity index (χ2v) is 7.30. The van der Waals surface area contributed by atoms with Crippen LogP contribution in [0.3, 0.4) is 0 Å². The second-order valence-electron chi connectivity index (χ2n) is 7.30. The number of hydrazone groups is 1. The largest absolute Gasteiger partial charge is 0.489 e. The van der Waals surface area contributed by atoms with Gasteiger partial charge < -0.3 is 10.1 Å². The Morgan fingerprint density at radius 2 is 1.66 bits per heavy atom. The molecule has 0 unspecified atom stereocenters. The van der Waals surface area contributed by atoms with Gasteiger partial charge >= 0.3 is 0 Å². The minimum Gasteiger partial charge on any atom is -0.489 e. The van der Waals surface area contributed by atoms with E-state index in [4.69, 9.17) is 4.74 Å². The lowest BCUT2D eigenvalue weighted by molar-refractivity contribution is -0.126. The van der Waals surface area contributed by atoms with Crippen LogP contribution in [0.5, 0.6) is 5.75 Å². The normalized spacial score (nSPS) is 10.7. The molecule has 0 bridgehead atoms. The zero-order valence-corrected chi connectivity index (χ0v) is 17.9. The molecule has 0 aliphatic heterocycles. The van der Waals surface area contributed by atoms with E-state index < -0.39 is 11.8 Å². The summed E-state index contributed by atoms with van der Waals surface area (Å²) in [6, 6.07) is 18.8. The van der Waals surface area contributed by atoms with Crippen molar-refractivity contribution in [3.05, 3.63) is 94.8 Å². The van der Waals surface area contributed by atoms with Crippen molar-refractivity contribution in [1.82, 2.24) is 5.43 Å². The van der Waals surface area contributed by atoms with E-state index in [0.29, 0.717) is 18.0 Å². The molecule has 3 rings (SSSR count). The third kappa shape index (κ3) is 7.05. The molecule has 7 heteroatoms. The number of hydrogen-bond donors (Lipinski definition) is 2. The van der Waals surface area contributed by atoms with Crippen molar-refractivity contribution in [3.8, 4) is 5.75 Å². The van der Waals surface area contributed by atoms with Crippen molar-refractivity contribution in [2.75, 3.05) is 5.32 Å². The van der Waals surface area contributed by atoms with E-state index in [9.17, 15) is 14.0 Å². The lowest BCUT2D eigenvalue weighted by Gasteiger charge is -2.07. The molecule has 0 spiro atoms. The van der Waals surface area contributed by atoms with E-state index in [-0.39, 0.29) is 12.2 Å². The summed E-state index contributed by atoms with van der Waals surface area (Å²) in [5.74, 6) is -0.560. The topological polar surface area (TPSA) is 79.8 Å². The number of aryl methyl sites for hydroxylation is 2. The van der Waals surface area contributed by atoms with Gasteiger partial charge in [0, 0.05) is 5.69 Å². The molecule has 0 atom stereocenters. The first-order chi connectivity index (χ1) is 15.4. The minimum absolute atomic E-state index is 0.286. The Labute approximate surface area is 186 Å². The fraction of sp³-hybridized carbons (Fsp3) is 0.160. The standard InChI is InChI=1S/C25H24FN3O3/c1-17-3-10-22(13-18(17)2)28-24(30)14-25(31)29-27-15-19-6-11-23(12-7-19)32-16-20-4-8-21(26)9-5-20/h3-13,15H,14,16H2,1-2H3,(H,28,30)(H,29,31). The molecule has 2 amide bonds. The van der Waals surface area contributed by atoms with E-state index in [1.54, 1.807) is 42.5 Å². The Morgan fingerprint density at radius 1 is 0.938 bits per heavy atom. The lowest BCUT2D eigenvalue weighted by atomic mass is 10.1. The maximum atomic E-state index is 12.9. The van der Waals surface area contributed by atoms with Gasteiger partial charge in [0.1, 0.15) is 24.6 Å². The quantitative estimate of drug-likeness (QED) is 0.312. The van der Waals surface area contributed by atoms with Crippen LogP contribution in [0, 0.1) is 19.7 Å². The summed E-state index contributed by atoms with van der Waals surface area (Å²) >= 11 is 0. The van der Waals surface area contributed by atoms with E-state index >= 15 is 0 Å². The van der Waals surface area contributed by atoms with Crippen molar-refractivity contribution >= 4 is 23.7 Å². The van der Waals surface area contributed by atoms with E-state index in [0.717, 1.165) is 22.3 Å². The Kier molecular flexibility index (Phi) is 7.70. The summed E-state index contributed by atoms with van der Waals surface area (Å²) in [6.07, 6.45) is 1.14. The van der Waals surface area contributed by atoms with Crippen LogP contribution in [0.25, 0.3) is 0 Å². The predicted octanol–water partition coefficient (Wildman–Crippen LogP) is 4.50. The molecule has 0 fully saturated rings. The Balaban J connectivity index is 1.42. The van der Waals surface area contributed by atoms with E-state index in [2.05, 4.69) is 15.8 Å². The number of nitrogens with zero attached hydrogens (tertiary/aromatic N) is 1. The van der Waals surface area contributed by atoms with Gasteiger partial charge in [0.15, 0.2) is 0 Å². The molecule has 32 heavy (non-hydrogen) atoms. The van der Waals surface area contributed by atoms with E-state index in [1.165, 1.54) is 18.3 Å². The monoisotopic (exact) mass is 433 g/mol. The molecular formula is C25H24FN3O3. The number of ether oxygens (including phenoxy) is 1. The first-order valence-corrected chi connectivity index (χ1v) is 10.1. The molecule has 0 aliphatic carbocycles. The van der Waals surface area contributed by atoms with Gasteiger partial charge in [0.05, 0.1) is 6.21 Å². The predicted molar refractivity (Wildman–Crippen MR) is 122 cm³/mol. The Bertz CT molecular complexity index is 1110.